The maximum atomic E-state index is 14.1. The lowest BCUT2D eigenvalue weighted by atomic mass is 9.52. The zero-order chi connectivity index (χ0) is 32.9. The van der Waals surface area contributed by atoms with Crippen LogP contribution in [-0.4, -0.2) is 73.2 Å². The van der Waals surface area contributed by atoms with E-state index in [0.717, 1.165) is 45.2 Å². The number of amides is 1. The Hall–Kier alpha value is -4.02. The summed E-state index contributed by atoms with van der Waals surface area (Å²) in [6, 6.07) is 14.5. The number of carbonyl (C=O) groups excluding carboxylic acids is 1. The van der Waals surface area contributed by atoms with Crippen molar-refractivity contribution >= 4 is 23.7 Å². The normalized spacial score (nSPS) is 27.8. The van der Waals surface area contributed by atoms with Crippen molar-refractivity contribution in [3.63, 3.8) is 0 Å². The fraction of sp³-hybridized carbons (Fsp3) is 0.472. The highest BCUT2D eigenvalue weighted by Crippen LogP contribution is 2.58. The molecule has 5 aliphatic rings. The van der Waals surface area contributed by atoms with Crippen molar-refractivity contribution in [3.8, 4) is 39.6 Å². The molecule has 1 aliphatic heterocycles. The molecule has 0 radical (unpaired) electrons. The SMILES string of the molecule is COc1cccc(OC)c1-c1ccc(C(=O)NC2(OC(=O)O)C3CC4CC(C3)CC2C4)nc1-c1ccc(Cl)c(OC2CCN(C)C2)c1. The number of rotatable bonds is 9. The third-order valence-electron chi connectivity index (χ3n) is 10.6. The van der Waals surface area contributed by atoms with E-state index < -0.39 is 17.8 Å². The fourth-order valence-corrected chi connectivity index (χ4v) is 8.86. The standard InChI is InChI=1S/C36H40ClN3O7/c1-40-12-11-25(19-40)46-31-18-22(7-9-27(31)37)33-26(32-29(44-2)5-4-6-30(32)45-3)8-10-28(38-33)34(41)39-36(47-35(42)43)23-14-20-13-21(16-23)17-24(36)15-20/h4-10,18,20-21,23-25H,11-17,19H2,1-3H3,(H,39,41)(H,42,43). The molecule has 0 spiro atoms. The first-order valence-electron chi connectivity index (χ1n) is 16.3. The van der Waals surface area contributed by atoms with Crippen LogP contribution in [0.1, 0.15) is 49.0 Å². The monoisotopic (exact) mass is 661 g/mol. The van der Waals surface area contributed by atoms with Crippen molar-refractivity contribution in [3.05, 3.63) is 59.2 Å². The van der Waals surface area contributed by atoms with E-state index >= 15 is 0 Å². The summed E-state index contributed by atoms with van der Waals surface area (Å²) in [6.07, 6.45) is 4.05. The first-order chi connectivity index (χ1) is 22.7. The van der Waals surface area contributed by atoms with Gasteiger partial charge in [0.25, 0.3) is 5.91 Å². The molecule has 11 heteroatoms. The van der Waals surface area contributed by atoms with Gasteiger partial charge in [-0.2, -0.15) is 0 Å². The number of benzene rings is 2. The molecule has 4 bridgehead atoms. The molecule has 1 saturated heterocycles. The minimum atomic E-state index is -1.38. The molecule has 1 unspecified atom stereocenters. The Morgan fingerprint density at radius 2 is 1.64 bits per heavy atom. The van der Waals surface area contributed by atoms with Crippen molar-refractivity contribution in [2.75, 3.05) is 34.4 Å². The van der Waals surface area contributed by atoms with Gasteiger partial charge in [-0.05, 0) is 93.8 Å². The van der Waals surface area contributed by atoms with E-state index in [1.807, 2.05) is 36.4 Å². The molecular weight excluding hydrogens is 622 g/mol. The zero-order valence-electron chi connectivity index (χ0n) is 26.8. The van der Waals surface area contributed by atoms with Gasteiger partial charge in [-0.3, -0.25) is 4.79 Å². The molecule has 2 heterocycles. The van der Waals surface area contributed by atoms with Gasteiger partial charge in [-0.25, -0.2) is 9.78 Å². The molecule has 5 fully saturated rings. The predicted molar refractivity (Wildman–Crippen MR) is 176 cm³/mol. The van der Waals surface area contributed by atoms with E-state index in [0.29, 0.717) is 56.5 Å². The summed E-state index contributed by atoms with van der Waals surface area (Å²) in [7, 11) is 5.24. The maximum absolute atomic E-state index is 14.1. The molecular formula is C36H40ClN3O7. The topological polar surface area (TPSA) is 119 Å². The highest BCUT2D eigenvalue weighted by atomic mass is 35.5. The number of carbonyl (C=O) groups is 2. The summed E-state index contributed by atoms with van der Waals surface area (Å²) in [5.74, 6) is 2.15. The molecule has 2 N–H and O–H groups in total. The molecule has 1 aromatic heterocycles. The van der Waals surface area contributed by atoms with Crippen LogP contribution in [0.15, 0.2) is 48.5 Å². The molecule has 3 aromatic rings. The number of nitrogens with zero attached hydrogens (tertiary/aromatic N) is 2. The van der Waals surface area contributed by atoms with E-state index in [9.17, 15) is 14.7 Å². The van der Waals surface area contributed by atoms with Crippen LogP contribution in [0.2, 0.25) is 5.02 Å². The van der Waals surface area contributed by atoms with Crippen LogP contribution in [0.4, 0.5) is 4.79 Å². The molecule has 2 aromatic carbocycles. The summed E-state index contributed by atoms with van der Waals surface area (Å²) >= 11 is 6.63. The van der Waals surface area contributed by atoms with Gasteiger partial charge in [0.1, 0.15) is 29.0 Å². The van der Waals surface area contributed by atoms with E-state index in [1.54, 1.807) is 26.4 Å². The van der Waals surface area contributed by atoms with Gasteiger partial charge in [-0.15, -0.1) is 0 Å². The van der Waals surface area contributed by atoms with Crippen LogP contribution in [0.5, 0.6) is 17.2 Å². The number of pyridine rings is 1. The van der Waals surface area contributed by atoms with Crippen molar-refractivity contribution < 1.29 is 33.6 Å². The van der Waals surface area contributed by atoms with Crippen molar-refractivity contribution in [2.45, 2.75) is 50.4 Å². The number of likely N-dealkylation sites (N-methyl/N-ethyl adjacent to an activating group) is 1. The van der Waals surface area contributed by atoms with Gasteiger partial charge in [0.2, 0.25) is 0 Å². The predicted octanol–water partition coefficient (Wildman–Crippen LogP) is 6.75. The van der Waals surface area contributed by atoms with Gasteiger partial charge >= 0.3 is 6.16 Å². The summed E-state index contributed by atoms with van der Waals surface area (Å²) in [5, 5.41) is 13.4. The molecule has 1 atom stereocenters. The Morgan fingerprint density at radius 1 is 0.957 bits per heavy atom. The molecule has 1 amide bonds. The molecule has 47 heavy (non-hydrogen) atoms. The smallest absolute Gasteiger partial charge is 0.496 e. The van der Waals surface area contributed by atoms with Crippen LogP contribution >= 0.6 is 11.6 Å². The van der Waals surface area contributed by atoms with Gasteiger partial charge in [0.05, 0.1) is 30.5 Å². The van der Waals surface area contributed by atoms with Gasteiger partial charge in [-0.1, -0.05) is 23.7 Å². The fourth-order valence-electron chi connectivity index (χ4n) is 8.70. The first kappa shape index (κ1) is 31.6. The second-order valence-electron chi connectivity index (χ2n) is 13.5. The number of halogens is 1. The summed E-state index contributed by atoms with van der Waals surface area (Å²) < 4.78 is 23.5. The van der Waals surface area contributed by atoms with Gasteiger partial charge in [0.15, 0.2) is 5.72 Å². The van der Waals surface area contributed by atoms with E-state index in [1.165, 1.54) is 6.42 Å². The number of likely N-dealkylation sites (tertiary alicyclic amines) is 1. The number of carboxylic acid groups (broad SMARTS) is 1. The highest BCUT2D eigenvalue weighted by molar-refractivity contribution is 6.32. The Morgan fingerprint density at radius 3 is 2.23 bits per heavy atom. The van der Waals surface area contributed by atoms with Crippen LogP contribution in [0, 0.1) is 23.7 Å². The molecule has 8 rings (SSSR count). The molecule has 10 nitrogen and oxygen atoms in total. The number of methoxy groups -OCH3 is 2. The van der Waals surface area contributed by atoms with Gasteiger partial charge in [0, 0.05) is 36.1 Å². The Kier molecular flexibility index (Phi) is 8.42. The first-order valence-corrected chi connectivity index (χ1v) is 16.7. The van der Waals surface area contributed by atoms with E-state index in [-0.39, 0.29) is 23.6 Å². The second-order valence-corrected chi connectivity index (χ2v) is 13.9. The minimum absolute atomic E-state index is 0.00184. The highest BCUT2D eigenvalue weighted by Gasteiger charge is 2.61. The second kappa shape index (κ2) is 12.5. The number of nitrogens with one attached hydrogen (secondary N) is 1. The molecule has 4 saturated carbocycles. The van der Waals surface area contributed by atoms with Crippen molar-refractivity contribution in [1.82, 2.24) is 15.2 Å². The van der Waals surface area contributed by atoms with E-state index in [4.69, 9.17) is 35.5 Å². The average Bonchev–Trinajstić information content (AvgIpc) is 3.47. The third kappa shape index (κ3) is 5.86. The number of ether oxygens (including phenoxy) is 4. The summed E-state index contributed by atoms with van der Waals surface area (Å²) in [5.41, 5.74) is 1.38. The number of hydrogen-bond acceptors (Lipinski definition) is 8. The maximum Gasteiger partial charge on any atom is 0.507 e. The molecule has 4 aliphatic carbocycles. The molecule has 248 valence electrons. The lowest BCUT2D eigenvalue weighted by molar-refractivity contribution is -0.191. The van der Waals surface area contributed by atoms with Crippen LogP contribution < -0.4 is 19.5 Å². The lowest BCUT2D eigenvalue weighted by Crippen LogP contribution is -2.68. The van der Waals surface area contributed by atoms with Crippen LogP contribution in [-0.2, 0) is 4.74 Å². The van der Waals surface area contributed by atoms with Crippen LogP contribution in [0.3, 0.4) is 0 Å². The summed E-state index contributed by atoms with van der Waals surface area (Å²) in [6.45, 7) is 1.73. The average molecular weight is 662 g/mol. The minimum Gasteiger partial charge on any atom is -0.496 e. The Balaban J connectivity index is 1.31. The quantitative estimate of drug-likeness (QED) is 0.190. The third-order valence-corrected chi connectivity index (χ3v) is 10.9. The number of aromatic nitrogens is 1. The van der Waals surface area contributed by atoms with Gasteiger partial charge < -0.3 is 34.3 Å². The lowest BCUT2D eigenvalue weighted by Gasteiger charge is -2.59. The van der Waals surface area contributed by atoms with Crippen molar-refractivity contribution in [1.29, 1.82) is 0 Å². The number of hydrogen-bond donors (Lipinski definition) is 2. The largest absolute Gasteiger partial charge is 0.507 e. The summed E-state index contributed by atoms with van der Waals surface area (Å²) in [4.78, 5) is 33.3. The Labute approximate surface area is 279 Å². The van der Waals surface area contributed by atoms with Crippen molar-refractivity contribution in [2.24, 2.45) is 23.7 Å². The van der Waals surface area contributed by atoms with Crippen LogP contribution in [0.25, 0.3) is 22.4 Å². The zero-order valence-corrected chi connectivity index (χ0v) is 27.6. The Bertz CT molecular complexity index is 1650. The van der Waals surface area contributed by atoms with E-state index in [2.05, 4.69) is 17.3 Å².